The number of nitrogens with two attached hydrogens (primary N) is 1. The lowest BCUT2D eigenvalue weighted by Gasteiger charge is -2.51. The van der Waals surface area contributed by atoms with Crippen LogP contribution >= 0.6 is 0 Å². The minimum atomic E-state index is -5.08. The molecular formula is C33H39F3N2O6. The monoisotopic (exact) mass is 616 g/mol. The summed E-state index contributed by atoms with van der Waals surface area (Å²) in [6.45, 7) is 5.05. The summed E-state index contributed by atoms with van der Waals surface area (Å²) < 4.78 is 49.2. The van der Waals surface area contributed by atoms with Gasteiger partial charge < -0.3 is 30.0 Å². The Morgan fingerprint density at radius 3 is 2.11 bits per heavy atom. The van der Waals surface area contributed by atoms with Gasteiger partial charge in [0.2, 0.25) is 5.91 Å². The highest BCUT2D eigenvalue weighted by molar-refractivity contribution is 5.83. The second-order valence-electron chi connectivity index (χ2n) is 10.6. The minimum Gasteiger partial charge on any atom is -0.497 e. The first-order valence-corrected chi connectivity index (χ1v) is 14.2. The first-order valence-electron chi connectivity index (χ1n) is 14.2. The number of hydrogen-bond acceptors (Lipinski definition) is 6. The van der Waals surface area contributed by atoms with Crippen molar-refractivity contribution in [2.24, 2.45) is 5.73 Å². The van der Waals surface area contributed by atoms with Crippen LogP contribution in [0.3, 0.4) is 0 Å². The second-order valence-corrected chi connectivity index (χ2v) is 10.6. The van der Waals surface area contributed by atoms with Crippen LogP contribution in [-0.2, 0) is 37.7 Å². The van der Waals surface area contributed by atoms with Crippen molar-refractivity contribution in [3.8, 4) is 5.75 Å². The predicted octanol–water partition coefficient (Wildman–Crippen LogP) is 5.26. The van der Waals surface area contributed by atoms with E-state index >= 15 is 0 Å². The van der Waals surface area contributed by atoms with Crippen molar-refractivity contribution < 1.29 is 42.1 Å². The third-order valence-electron chi connectivity index (χ3n) is 7.19. The lowest BCUT2D eigenvalue weighted by molar-refractivity contribution is -0.192. The summed E-state index contributed by atoms with van der Waals surface area (Å²) in [5.74, 6) is -2.01. The van der Waals surface area contributed by atoms with E-state index in [-0.39, 0.29) is 5.91 Å². The lowest BCUT2D eigenvalue weighted by atomic mass is 9.82. The van der Waals surface area contributed by atoms with Crippen molar-refractivity contribution in [3.05, 3.63) is 101 Å². The number of benzene rings is 3. The maximum Gasteiger partial charge on any atom is 0.490 e. The number of carbonyl (C=O) groups excluding carboxylic acids is 1. The minimum absolute atomic E-state index is 0.0436. The Morgan fingerprint density at radius 2 is 1.52 bits per heavy atom. The molecule has 1 saturated heterocycles. The Labute approximate surface area is 255 Å². The molecule has 1 aliphatic rings. The van der Waals surface area contributed by atoms with E-state index in [2.05, 4.69) is 31.2 Å². The zero-order chi connectivity index (χ0) is 32.2. The molecule has 8 nitrogen and oxygen atoms in total. The molecule has 0 aliphatic carbocycles. The van der Waals surface area contributed by atoms with Crippen LogP contribution in [0, 0.1) is 6.92 Å². The summed E-state index contributed by atoms with van der Waals surface area (Å²) in [6.07, 6.45) is -2.78. The molecule has 4 rings (SSSR count). The van der Waals surface area contributed by atoms with Crippen LogP contribution in [0.4, 0.5) is 13.2 Å². The van der Waals surface area contributed by atoms with Crippen LogP contribution in [0.25, 0.3) is 0 Å². The highest BCUT2D eigenvalue weighted by Gasteiger charge is 2.49. The number of hydrogen-bond donors (Lipinski definition) is 2. The third-order valence-corrected chi connectivity index (χ3v) is 7.19. The Kier molecular flexibility index (Phi) is 12.7. The number of carboxylic acids is 1. The molecule has 0 bridgehead atoms. The highest BCUT2D eigenvalue weighted by atomic mass is 19.4. The molecule has 1 amide bonds. The summed E-state index contributed by atoms with van der Waals surface area (Å²) in [5.41, 5.74) is 10.3. The number of carbonyl (C=O) groups is 2. The second kappa shape index (κ2) is 16.2. The van der Waals surface area contributed by atoms with Crippen LogP contribution in [0.1, 0.15) is 35.1 Å². The first kappa shape index (κ1) is 34.6. The van der Waals surface area contributed by atoms with Crippen LogP contribution in [0.2, 0.25) is 0 Å². The molecular weight excluding hydrogens is 577 g/mol. The standard InChI is InChI=1S/C31H38N2O4.C2HF3O2/c1-24-10-6-7-13-28(24)31(37-19-9-8-18-36-21-26-11-4-3-5-12-26)22-33(23-31)30(34)29(32)20-25-14-16-27(35-2)17-15-25;3-2(4,5)1(6)7/h3-7,10-17,29H,8-9,18-23,32H2,1-2H3;(H,6,7). The topological polar surface area (TPSA) is 111 Å². The van der Waals surface area contributed by atoms with Gasteiger partial charge in [0.15, 0.2) is 0 Å². The molecule has 3 N–H and O–H groups in total. The van der Waals surface area contributed by atoms with Gasteiger partial charge in [-0.05, 0) is 60.6 Å². The van der Waals surface area contributed by atoms with Gasteiger partial charge in [0, 0.05) is 13.2 Å². The van der Waals surface area contributed by atoms with Gasteiger partial charge in [0.1, 0.15) is 11.4 Å². The fourth-order valence-electron chi connectivity index (χ4n) is 4.82. The maximum atomic E-state index is 13.1. The SMILES string of the molecule is COc1ccc(CC(N)C(=O)N2CC(OCCCCOCc3ccccc3)(c3ccccc3C)C2)cc1.O=C(O)C(F)(F)F. The van der Waals surface area contributed by atoms with E-state index in [1.54, 1.807) is 7.11 Å². The van der Waals surface area contributed by atoms with Crippen molar-refractivity contribution in [3.63, 3.8) is 0 Å². The predicted molar refractivity (Wildman–Crippen MR) is 159 cm³/mol. The molecule has 1 fully saturated rings. The number of ether oxygens (including phenoxy) is 3. The van der Waals surface area contributed by atoms with Crippen molar-refractivity contribution in [1.82, 2.24) is 4.90 Å². The molecule has 11 heteroatoms. The van der Waals surface area contributed by atoms with E-state index in [1.165, 1.54) is 11.1 Å². The normalized spacial score (nSPS) is 14.5. The van der Waals surface area contributed by atoms with Crippen LogP contribution in [0.15, 0.2) is 78.9 Å². The van der Waals surface area contributed by atoms with Crippen LogP contribution in [0.5, 0.6) is 5.75 Å². The molecule has 1 unspecified atom stereocenters. The van der Waals surface area contributed by atoms with E-state index in [1.807, 2.05) is 59.5 Å². The molecule has 1 heterocycles. The summed E-state index contributed by atoms with van der Waals surface area (Å²) in [7, 11) is 1.64. The van der Waals surface area contributed by atoms with E-state index in [9.17, 15) is 18.0 Å². The van der Waals surface area contributed by atoms with E-state index in [0.29, 0.717) is 39.3 Å². The number of likely N-dealkylation sites (tertiary alicyclic amines) is 1. The van der Waals surface area contributed by atoms with Crippen molar-refractivity contribution in [1.29, 1.82) is 0 Å². The van der Waals surface area contributed by atoms with Crippen molar-refractivity contribution in [2.75, 3.05) is 33.4 Å². The zero-order valence-corrected chi connectivity index (χ0v) is 24.9. The fraction of sp³-hybridized carbons (Fsp3) is 0.394. The molecule has 0 saturated carbocycles. The van der Waals surface area contributed by atoms with Gasteiger partial charge in [-0.3, -0.25) is 4.79 Å². The molecule has 0 radical (unpaired) electrons. The van der Waals surface area contributed by atoms with Gasteiger partial charge >= 0.3 is 12.1 Å². The molecule has 0 aromatic heterocycles. The van der Waals surface area contributed by atoms with Gasteiger partial charge in [0.05, 0.1) is 32.8 Å². The molecule has 44 heavy (non-hydrogen) atoms. The highest BCUT2D eigenvalue weighted by Crippen LogP contribution is 2.38. The number of halogens is 3. The summed E-state index contributed by atoms with van der Waals surface area (Å²) in [4.78, 5) is 23.8. The van der Waals surface area contributed by atoms with Crippen molar-refractivity contribution in [2.45, 2.75) is 50.6 Å². The van der Waals surface area contributed by atoms with Gasteiger partial charge in [-0.2, -0.15) is 13.2 Å². The molecule has 3 aromatic carbocycles. The number of carboxylic acid groups (broad SMARTS) is 1. The average molecular weight is 617 g/mol. The zero-order valence-electron chi connectivity index (χ0n) is 24.9. The quantitative estimate of drug-likeness (QED) is 0.252. The average Bonchev–Trinajstić information content (AvgIpc) is 2.98. The van der Waals surface area contributed by atoms with E-state index in [4.69, 9.17) is 29.8 Å². The number of unbranched alkanes of at least 4 members (excludes halogenated alkanes) is 1. The smallest absolute Gasteiger partial charge is 0.490 e. The van der Waals surface area contributed by atoms with Crippen LogP contribution < -0.4 is 10.5 Å². The first-order chi connectivity index (χ1) is 20.9. The number of alkyl halides is 3. The molecule has 1 atom stereocenters. The number of aliphatic carboxylic acids is 1. The van der Waals surface area contributed by atoms with Crippen LogP contribution in [-0.4, -0.2) is 67.5 Å². The van der Waals surface area contributed by atoms with E-state index in [0.717, 1.165) is 29.7 Å². The van der Waals surface area contributed by atoms with Gasteiger partial charge in [-0.25, -0.2) is 4.79 Å². The number of methoxy groups -OCH3 is 1. The maximum absolute atomic E-state index is 13.1. The molecule has 3 aromatic rings. The number of amides is 1. The van der Waals surface area contributed by atoms with Gasteiger partial charge in [-0.15, -0.1) is 0 Å². The summed E-state index contributed by atoms with van der Waals surface area (Å²) in [5, 5.41) is 7.12. The third kappa shape index (κ3) is 10.1. The van der Waals surface area contributed by atoms with Gasteiger partial charge in [-0.1, -0.05) is 66.7 Å². The summed E-state index contributed by atoms with van der Waals surface area (Å²) in [6, 6.07) is 25.6. The van der Waals surface area contributed by atoms with E-state index < -0.39 is 23.8 Å². The largest absolute Gasteiger partial charge is 0.497 e. The molecule has 1 aliphatic heterocycles. The van der Waals surface area contributed by atoms with Crippen molar-refractivity contribution >= 4 is 11.9 Å². The Balaban J connectivity index is 0.000000676. The van der Waals surface area contributed by atoms with Gasteiger partial charge in [0.25, 0.3) is 0 Å². The molecule has 0 spiro atoms. The lowest BCUT2D eigenvalue weighted by Crippen LogP contribution is -2.65. The Hall–Kier alpha value is -3.93. The summed E-state index contributed by atoms with van der Waals surface area (Å²) >= 11 is 0. The number of rotatable bonds is 13. The Bertz CT molecular complexity index is 1330. The fourth-order valence-corrected chi connectivity index (χ4v) is 4.82. The number of aryl methyl sites for hydroxylation is 1. The Morgan fingerprint density at radius 1 is 0.932 bits per heavy atom. The molecule has 238 valence electrons. The number of nitrogens with zero attached hydrogens (tertiary/aromatic N) is 1.